The molecule has 4 heterocycles. The maximum atomic E-state index is 13.3. The summed E-state index contributed by atoms with van der Waals surface area (Å²) in [7, 11) is 2.04. The molecule has 36 heavy (non-hydrogen) atoms. The molecule has 2 aromatic carbocycles. The van der Waals surface area contributed by atoms with Crippen molar-refractivity contribution in [3.05, 3.63) is 71.7 Å². The molecule has 6 rings (SSSR count). The fraction of sp³-hybridized carbons (Fsp3) is 0.192. The maximum Gasteiger partial charge on any atom is 0.331 e. The lowest BCUT2D eigenvalue weighted by atomic mass is 10.1. The van der Waals surface area contributed by atoms with Gasteiger partial charge >= 0.3 is 6.03 Å². The third-order valence-electron chi connectivity index (χ3n) is 6.25. The summed E-state index contributed by atoms with van der Waals surface area (Å²) in [6.07, 6.45) is 2.58. The molecule has 0 unspecified atom stereocenters. The Morgan fingerprint density at radius 2 is 1.86 bits per heavy atom. The SMILES string of the molecule is CN1CC[C@H](NC(=O)c2sc3nccc4c3c2NC(=O)N4c2ccc(Oc3ccccc3)cc2)C1.S. The zero-order chi connectivity index (χ0) is 23.9. The van der Waals surface area contributed by atoms with Crippen LogP contribution in [0.1, 0.15) is 16.1 Å². The largest absolute Gasteiger partial charge is 0.457 e. The zero-order valence-corrected chi connectivity index (χ0v) is 21.3. The molecule has 0 saturated carbocycles. The van der Waals surface area contributed by atoms with Gasteiger partial charge in [-0.25, -0.2) is 9.78 Å². The van der Waals surface area contributed by atoms with E-state index in [1.165, 1.54) is 11.3 Å². The Kier molecular flexibility index (Phi) is 6.57. The molecule has 0 aliphatic carbocycles. The average Bonchev–Trinajstić information content (AvgIpc) is 3.44. The van der Waals surface area contributed by atoms with Crippen LogP contribution in [0.15, 0.2) is 66.9 Å². The number of ether oxygens (including phenoxy) is 1. The summed E-state index contributed by atoms with van der Waals surface area (Å²) >= 11 is 1.30. The molecule has 184 valence electrons. The minimum Gasteiger partial charge on any atom is -0.457 e. The number of amides is 3. The van der Waals surface area contributed by atoms with Gasteiger partial charge in [0.25, 0.3) is 5.91 Å². The predicted octanol–water partition coefficient (Wildman–Crippen LogP) is 5.32. The number of nitrogens with zero attached hydrogens (tertiary/aromatic N) is 3. The predicted molar refractivity (Wildman–Crippen MR) is 147 cm³/mol. The number of hydrogen-bond donors (Lipinski definition) is 2. The number of likely N-dealkylation sites (N-methyl/N-ethyl adjacent to an activating group) is 1. The van der Waals surface area contributed by atoms with Gasteiger partial charge in [0.2, 0.25) is 0 Å². The topological polar surface area (TPSA) is 86.8 Å². The van der Waals surface area contributed by atoms with Gasteiger partial charge in [-0.05, 0) is 62.5 Å². The van der Waals surface area contributed by atoms with Crippen LogP contribution in [0.3, 0.4) is 0 Å². The number of pyridine rings is 1. The molecule has 10 heteroatoms. The lowest BCUT2D eigenvalue weighted by molar-refractivity contribution is 0.0943. The van der Waals surface area contributed by atoms with Gasteiger partial charge in [0.1, 0.15) is 21.2 Å². The minimum absolute atomic E-state index is 0. The molecule has 0 spiro atoms. The summed E-state index contributed by atoms with van der Waals surface area (Å²) in [5, 5.41) is 6.83. The Labute approximate surface area is 219 Å². The molecule has 1 fully saturated rings. The maximum absolute atomic E-state index is 13.3. The number of thiophene rings is 1. The van der Waals surface area contributed by atoms with E-state index in [0.717, 1.165) is 30.6 Å². The second-order valence-electron chi connectivity index (χ2n) is 8.71. The van der Waals surface area contributed by atoms with E-state index in [2.05, 4.69) is 20.5 Å². The molecule has 8 nitrogen and oxygen atoms in total. The van der Waals surface area contributed by atoms with Crippen molar-refractivity contribution in [3.63, 3.8) is 0 Å². The molecule has 0 radical (unpaired) electrons. The van der Waals surface area contributed by atoms with E-state index in [1.54, 1.807) is 17.2 Å². The molecule has 2 aliphatic rings. The molecular weight excluding hydrogens is 494 g/mol. The fourth-order valence-corrected chi connectivity index (χ4v) is 5.61. The van der Waals surface area contributed by atoms with E-state index >= 15 is 0 Å². The van der Waals surface area contributed by atoms with E-state index in [0.29, 0.717) is 32.5 Å². The van der Waals surface area contributed by atoms with Crippen LogP contribution in [0.5, 0.6) is 11.5 Å². The van der Waals surface area contributed by atoms with E-state index in [-0.39, 0.29) is 31.5 Å². The van der Waals surface area contributed by atoms with Gasteiger partial charge in [0.05, 0.1) is 22.4 Å². The molecule has 1 atom stereocenters. The molecule has 1 saturated heterocycles. The lowest BCUT2D eigenvalue weighted by Crippen LogP contribution is -2.37. The Morgan fingerprint density at radius 3 is 2.58 bits per heavy atom. The highest BCUT2D eigenvalue weighted by Gasteiger charge is 2.33. The van der Waals surface area contributed by atoms with Crippen molar-refractivity contribution < 1.29 is 14.3 Å². The van der Waals surface area contributed by atoms with Gasteiger partial charge in [-0.3, -0.25) is 9.69 Å². The van der Waals surface area contributed by atoms with Gasteiger partial charge in [0.15, 0.2) is 0 Å². The number of carbonyl (C=O) groups excluding carboxylic acids is 2. The van der Waals surface area contributed by atoms with Crippen LogP contribution < -0.4 is 20.3 Å². The monoisotopic (exact) mass is 519 g/mol. The Bertz CT molecular complexity index is 1430. The van der Waals surface area contributed by atoms with Crippen molar-refractivity contribution in [1.82, 2.24) is 15.2 Å². The summed E-state index contributed by atoms with van der Waals surface area (Å²) in [4.78, 5) is 35.8. The van der Waals surface area contributed by atoms with Crippen molar-refractivity contribution in [2.45, 2.75) is 12.5 Å². The molecule has 2 aliphatic heterocycles. The Morgan fingerprint density at radius 1 is 1.11 bits per heavy atom. The first kappa shape index (κ1) is 24.1. The minimum atomic E-state index is -0.324. The first-order valence-corrected chi connectivity index (χ1v) is 12.2. The van der Waals surface area contributed by atoms with Gasteiger partial charge in [-0.15, -0.1) is 11.3 Å². The number of aromatic nitrogens is 1. The highest BCUT2D eigenvalue weighted by molar-refractivity contribution is 7.59. The van der Waals surface area contributed by atoms with Gasteiger partial charge in [0, 0.05) is 18.8 Å². The van der Waals surface area contributed by atoms with Crippen LogP contribution >= 0.6 is 24.8 Å². The van der Waals surface area contributed by atoms with Crippen LogP contribution in [-0.4, -0.2) is 48.0 Å². The Hall–Kier alpha value is -3.60. The first-order valence-electron chi connectivity index (χ1n) is 11.4. The van der Waals surface area contributed by atoms with Gasteiger partial charge < -0.3 is 20.3 Å². The number of likely N-dealkylation sites (tertiary alicyclic amines) is 1. The standard InChI is InChI=1S/C26H23N5O3S.H2S/c1-30-14-12-16(15-30)28-24(32)23-22-21-20(11-13-27-25(21)35-23)31(26(33)29-22)17-7-9-19(10-8-17)34-18-5-3-2-4-6-18;/h2-11,13,16H,12,14-15H2,1H3,(H,28,32)(H,29,33);1H2/t16-;/m0./s1. The summed E-state index contributed by atoms with van der Waals surface area (Å²) in [6, 6.07) is 18.4. The number of rotatable bonds is 5. The number of urea groups is 1. The van der Waals surface area contributed by atoms with Crippen LogP contribution in [0.4, 0.5) is 21.9 Å². The number of nitrogens with one attached hydrogen (secondary N) is 2. The smallest absolute Gasteiger partial charge is 0.331 e. The summed E-state index contributed by atoms with van der Waals surface area (Å²) < 4.78 is 5.88. The quantitative estimate of drug-likeness (QED) is 0.373. The fourth-order valence-electron chi connectivity index (χ4n) is 4.59. The third-order valence-corrected chi connectivity index (χ3v) is 7.35. The number of hydrogen-bond acceptors (Lipinski definition) is 6. The number of benzene rings is 2. The van der Waals surface area contributed by atoms with E-state index < -0.39 is 0 Å². The first-order chi connectivity index (χ1) is 17.1. The van der Waals surface area contributed by atoms with Crippen LogP contribution in [0.25, 0.3) is 10.2 Å². The van der Waals surface area contributed by atoms with Gasteiger partial charge in [-0.1, -0.05) is 18.2 Å². The summed E-state index contributed by atoms with van der Waals surface area (Å²) in [6.45, 7) is 1.77. The Balaban J connectivity index is 0.00000267. The lowest BCUT2D eigenvalue weighted by Gasteiger charge is -2.28. The molecule has 2 aromatic heterocycles. The summed E-state index contributed by atoms with van der Waals surface area (Å²) in [5.74, 6) is 1.24. The number of anilines is 3. The molecule has 4 aromatic rings. The second kappa shape index (κ2) is 9.81. The van der Waals surface area contributed by atoms with E-state index in [4.69, 9.17) is 4.74 Å². The van der Waals surface area contributed by atoms with Crippen LogP contribution in [-0.2, 0) is 0 Å². The molecule has 0 bridgehead atoms. The number of para-hydroxylation sites is 1. The van der Waals surface area contributed by atoms with Crippen LogP contribution in [0.2, 0.25) is 0 Å². The highest BCUT2D eigenvalue weighted by Crippen LogP contribution is 2.45. The third kappa shape index (κ3) is 4.39. The normalized spacial score (nSPS) is 17.0. The van der Waals surface area contributed by atoms with Crippen molar-refractivity contribution in [1.29, 1.82) is 0 Å². The molecule has 3 amide bonds. The van der Waals surface area contributed by atoms with Crippen molar-refractivity contribution >= 4 is 64.0 Å². The van der Waals surface area contributed by atoms with Crippen molar-refractivity contribution in [3.8, 4) is 11.5 Å². The number of carbonyl (C=O) groups is 2. The molecular formula is C26H25N5O3S2. The average molecular weight is 520 g/mol. The highest BCUT2D eigenvalue weighted by atomic mass is 32.1. The van der Waals surface area contributed by atoms with Crippen molar-refractivity contribution in [2.24, 2.45) is 0 Å². The zero-order valence-electron chi connectivity index (χ0n) is 19.5. The van der Waals surface area contributed by atoms with Crippen molar-refractivity contribution in [2.75, 3.05) is 30.4 Å². The van der Waals surface area contributed by atoms with Crippen LogP contribution in [0, 0.1) is 0 Å². The van der Waals surface area contributed by atoms with Gasteiger partial charge in [-0.2, -0.15) is 13.5 Å². The molecule has 2 N–H and O–H groups in total. The van der Waals surface area contributed by atoms with E-state index in [1.807, 2.05) is 61.6 Å². The van der Waals surface area contributed by atoms with E-state index in [9.17, 15) is 9.59 Å². The second-order valence-corrected chi connectivity index (χ2v) is 9.71. The summed E-state index contributed by atoms with van der Waals surface area (Å²) in [5.41, 5.74) is 1.91.